The van der Waals surface area contributed by atoms with E-state index < -0.39 is 27.8 Å². The van der Waals surface area contributed by atoms with Crippen LogP contribution in [0.5, 0.6) is 0 Å². The first-order valence-electron chi connectivity index (χ1n) is 22.9. The number of hydrogen-bond donors (Lipinski definition) is 2. The average Bonchev–Trinajstić information content (AvgIpc) is 3.66. The van der Waals surface area contributed by atoms with Crippen molar-refractivity contribution in [3.63, 3.8) is 0 Å². The number of aliphatic hydroxyl groups is 2. The Morgan fingerprint density at radius 2 is 0.887 bits per heavy atom. The van der Waals surface area contributed by atoms with Gasteiger partial charge in [0.15, 0.2) is 16.6 Å². The topological polar surface area (TPSA) is 114 Å². The molecule has 0 radical (unpaired) electrons. The lowest BCUT2D eigenvalue weighted by atomic mass is 9.86. The Kier molecular flexibility index (Phi) is 17.7. The van der Waals surface area contributed by atoms with Gasteiger partial charge in [-0.1, -0.05) is 127 Å². The Balaban J connectivity index is 0.000000234. The van der Waals surface area contributed by atoms with Crippen LogP contribution in [-0.4, -0.2) is 101 Å². The second kappa shape index (κ2) is 21.5. The van der Waals surface area contributed by atoms with E-state index in [0.717, 1.165) is 49.7 Å². The predicted molar refractivity (Wildman–Crippen MR) is 251 cm³/mol. The van der Waals surface area contributed by atoms with Gasteiger partial charge in [0, 0.05) is 38.9 Å². The summed E-state index contributed by atoms with van der Waals surface area (Å²) in [5, 5.41) is 19.1. The highest BCUT2D eigenvalue weighted by atomic mass is 28.4. The zero-order valence-corrected chi connectivity index (χ0v) is 41.7. The average molecular weight is 897 g/mol. The Morgan fingerprint density at radius 1 is 0.548 bits per heavy atom. The first kappa shape index (κ1) is 50.9. The molecule has 4 heterocycles. The monoisotopic (exact) mass is 897 g/mol. The van der Waals surface area contributed by atoms with Crippen LogP contribution in [0.3, 0.4) is 0 Å². The van der Waals surface area contributed by atoms with Crippen LogP contribution in [0.15, 0.2) is 85.0 Å². The van der Waals surface area contributed by atoms with E-state index in [1.165, 1.54) is 0 Å². The van der Waals surface area contributed by atoms with Gasteiger partial charge in [-0.25, -0.2) is 0 Å². The van der Waals surface area contributed by atoms with Crippen LogP contribution in [0.25, 0.3) is 0 Å². The van der Waals surface area contributed by atoms with Gasteiger partial charge in [-0.3, -0.25) is 0 Å². The van der Waals surface area contributed by atoms with Gasteiger partial charge in [-0.2, -0.15) is 0 Å². The minimum atomic E-state index is -1.89. The van der Waals surface area contributed by atoms with Crippen molar-refractivity contribution < 1.29 is 47.5 Å². The molecule has 0 saturated carbocycles. The number of benzene rings is 2. The highest BCUT2D eigenvalue weighted by Gasteiger charge is 2.54. The van der Waals surface area contributed by atoms with Crippen molar-refractivity contribution in [3.05, 3.63) is 96.1 Å². The summed E-state index contributed by atoms with van der Waals surface area (Å²) in [4.78, 5) is 0. The molecule has 62 heavy (non-hydrogen) atoms. The molecule has 2 aromatic carbocycles. The Hall–Kier alpha value is -2.05. The number of hydrogen-bond acceptors (Lipinski definition) is 10. The third-order valence-electron chi connectivity index (χ3n) is 14.0. The maximum Gasteiger partial charge on any atom is 0.192 e. The van der Waals surface area contributed by atoms with Gasteiger partial charge in [0.25, 0.3) is 0 Å². The maximum absolute atomic E-state index is 9.38. The molecule has 4 bridgehead atoms. The second-order valence-electron chi connectivity index (χ2n) is 21.2. The predicted octanol–water partition coefficient (Wildman–Crippen LogP) is 10.4. The number of aliphatic hydroxyl groups excluding tert-OH is 2. The third kappa shape index (κ3) is 14.0. The van der Waals surface area contributed by atoms with E-state index in [1.54, 1.807) is 0 Å². The van der Waals surface area contributed by atoms with Crippen LogP contribution in [0, 0.1) is 0 Å². The summed E-state index contributed by atoms with van der Waals surface area (Å²) in [6, 6.07) is 20.3. The molecule has 4 aliphatic rings. The molecule has 2 aromatic rings. The normalized spacial score (nSPS) is 28.3. The lowest BCUT2D eigenvalue weighted by Gasteiger charge is -2.46. The zero-order chi connectivity index (χ0) is 45.2. The van der Waals surface area contributed by atoms with E-state index in [0.29, 0.717) is 39.3 Å². The summed E-state index contributed by atoms with van der Waals surface area (Å²) < 4.78 is 50.3. The molecule has 0 spiro atoms. The molecule has 0 aliphatic carbocycles. The summed E-state index contributed by atoms with van der Waals surface area (Å²) in [6.45, 7) is 25.6. The molecule has 0 aromatic heterocycles. The third-order valence-corrected chi connectivity index (χ3v) is 22.9. The summed E-state index contributed by atoms with van der Waals surface area (Å²) >= 11 is 0. The lowest BCUT2D eigenvalue weighted by Crippen LogP contribution is -2.53. The lowest BCUT2D eigenvalue weighted by molar-refractivity contribution is -0.204. The van der Waals surface area contributed by atoms with Crippen molar-refractivity contribution in [2.24, 2.45) is 0 Å². The van der Waals surface area contributed by atoms with E-state index in [2.05, 4.69) is 116 Å². The van der Waals surface area contributed by atoms with Crippen LogP contribution in [0.2, 0.25) is 36.3 Å². The van der Waals surface area contributed by atoms with Gasteiger partial charge in [0.1, 0.15) is 24.8 Å². The molecule has 2 saturated heterocycles. The Morgan fingerprint density at radius 3 is 1.23 bits per heavy atom. The summed E-state index contributed by atoms with van der Waals surface area (Å²) in [5.74, 6) is 0. The van der Waals surface area contributed by atoms with E-state index in [-0.39, 0.29) is 60.3 Å². The molecular formula is C50H80O10Si2. The minimum absolute atomic E-state index is 0.0289. The minimum Gasteiger partial charge on any atom is -0.414 e. The van der Waals surface area contributed by atoms with Crippen LogP contribution in [0.4, 0.5) is 0 Å². The molecular weight excluding hydrogens is 817 g/mol. The van der Waals surface area contributed by atoms with Crippen molar-refractivity contribution in [2.45, 2.75) is 177 Å². The fraction of sp³-hybridized carbons (Fsp3) is 0.680. The number of fused-ring (bicyclic) bond motifs is 4. The van der Waals surface area contributed by atoms with E-state index >= 15 is 0 Å². The zero-order valence-electron chi connectivity index (χ0n) is 39.7. The van der Waals surface area contributed by atoms with Crippen LogP contribution < -0.4 is 0 Å². The summed E-state index contributed by atoms with van der Waals surface area (Å²) in [7, 11) is -3.79. The standard InChI is InChI=1S/2C25H40O5Si/c2*1-23(2,3)31(4,5)29-19-25-14-13-24(30-25,12-9-15-26)16-22(17-25)28-20-27-18-21-10-7-6-8-11-21/h2*6-8,10-11,13-14,22,26H,9,12,15-20H2,1-5H3/t2*22-,24+,25-/m10/s1. The summed E-state index contributed by atoms with van der Waals surface area (Å²) in [6.07, 6.45) is 14.9. The van der Waals surface area contributed by atoms with Gasteiger partial charge in [0.2, 0.25) is 0 Å². The van der Waals surface area contributed by atoms with Crippen molar-refractivity contribution in [1.29, 1.82) is 0 Å². The molecule has 2 N–H and O–H groups in total. The van der Waals surface area contributed by atoms with Crippen molar-refractivity contribution >= 4 is 16.6 Å². The molecule has 2 fully saturated rings. The van der Waals surface area contributed by atoms with Crippen LogP contribution >= 0.6 is 0 Å². The second-order valence-corrected chi connectivity index (χ2v) is 30.8. The largest absolute Gasteiger partial charge is 0.414 e. The first-order chi connectivity index (χ1) is 29.2. The Bertz CT molecular complexity index is 1580. The molecule has 12 heteroatoms. The van der Waals surface area contributed by atoms with Gasteiger partial charge in [-0.05, 0) is 73.1 Å². The molecule has 0 amide bonds. The molecule has 0 unspecified atom stereocenters. The fourth-order valence-corrected chi connectivity index (χ4v) is 10.3. The number of rotatable bonds is 22. The quantitative estimate of drug-likeness (QED) is 0.0513. The molecule has 348 valence electrons. The summed E-state index contributed by atoms with van der Waals surface area (Å²) in [5.41, 5.74) is 0.571. The van der Waals surface area contributed by atoms with Gasteiger partial charge < -0.3 is 47.5 Å². The van der Waals surface area contributed by atoms with E-state index in [9.17, 15) is 10.2 Å². The van der Waals surface area contributed by atoms with E-state index in [1.807, 2.05) is 36.4 Å². The van der Waals surface area contributed by atoms with Gasteiger partial charge in [0.05, 0.1) is 49.8 Å². The maximum atomic E-state index is 9.38. The molecule has 6 atom stereocenters. The highest BCUT2D eigenvalue weighted by Crippen LogP contribution is 2.49. The first-order valence-corrected chi connectivity index (χ1v) is 28.8. The van der Waals surface area contributed by atoms with Crippen molar-refractivity contribution in [1.82, 2.24) is 0 Å². The Labute approximate surface area is 375 Å². The van der Waals surface area contributed by atoms with Crippen LogP contribution in [0.1, 0.15) is 104 Å². The van der Waals surface area contributed by atoms with Crippen molar-refractivity contribution in [3.8, 4) is 0 Å². The van der Waals surface area contributed by atoms with Crippen molar-refractivity contribution in [2.75, 3.05) is 40.0 Å². The molecule has 6 rings (SSSR count). The highest BCUT2D eigenvalue weighted by molar-refractivity contribution is 6.74. The number of ether oxygens (including phenoxy) is 6. The molecule has 10 nitrogen and oxygen atoms in total. The van der Waals surface area contributed by atoms with Gasteiger partial charge in [-0.15, -0.1) is 0 Å². The van der Waals surface area contributed by atoms with E-state index in [4.69, 9.17) is 37.3 Å². The van der Waals surface area contributed by atoms with Gasteiger partial charge >= 0.3 is 0 Å². The molecule has 4 aliphatic heterocycles. The SMILES string of the molecule is CC(C)(C)[Si](C)(C)OC[C@@]12C=C[C@@](CCCO)(C[C@@H](OCOCc3ccccc3)C1)O2.CC(C)(C)[Si](C)(C)OC[C@]12C=C[C@](CCCO)(C[C@H](OCOCc3ccccc3)C1)O2. The smallest absolute Gasteiger partial charge is 0.192 e. The fourth-order valence-electron chi connectivity index (χ4n) is 8.21. The van der Waals surface area contributed by atoms with Crippen LogP contribution in [-0.2, 0) is 50.5 Å².